The highest BCUT2D eigenvalue weighted by Gasteiger charge is 2.25. The fourth-order valence-corrected chi connectivity index (χ4v) is 3.00. The Hall–Kier alpha value is -0.870. The number of amides is 1. The summed E-state index contributed by atoms with van der Waals surface area (Å²) in [4.78, 5) is 12.2. The summed E-state index contributed by atoms with van der Waals surface area (Å²) in [6.07, 6.45) is 4.81. The second kappa shape index (κ2) is 7.23. The second-order valence-electron chi connectivity index (χ2n) is 5.63. The Labute approximate surface area is 128 Å². The maximum atomic E-state index is 12.2. The molecule has 110 valence electrons. The minimum absolute atomic E-state index is 0.0911. The number of aliphatic hydroxyl groups excluding tert-OH is 1. The van der Waals surface area contributed by atoms with E-state index in [-0.39, 0.29) is 17.9 Å². The van der Waals surface area contributed by atoms with Gasteiger partial charge in [0.25, 0.3) is 0 Å². The van der Waals surface area contributed by atoms with Gasteiger partial charge in [0.1, 0.15) is 0 Å². The number of nitrogens with one attached hydrogen (secondary N) is 1. The number of hydrogen-bond acceptors (Lipinski definition) is 2. The highest BCUT2D eigenvalue weighted by atomic mass is 79.9. The van der Waals surface area contributed by atoms with Crippen LogP contribution in [0.1, 0.15) is 50.7 Å². The summed E-state index contributed by atoms with van der Waals surface area (Å²) in [5, 5.41) is 13.3. The molecular weight excluding hydrogens is 318 g/mol. The van der Waals surface area contributed by atoms with E-state index in [1.54, 1.807) is 0 Å². The van der Waals surface area contributed by atoms with E-state index < -0.39 is 6.10 Å². The lowest BCUT2D eigenvalue weighted by atomic mass is 9.88. The number of carbonyl (C=O) groups is 1. The van der Waals surface area contributed by atoms with Crippen molar-refractivity contribution in [1.29, 1.82) is 0 Å². The van der Waals surface area contributed by atoms with Gasteiger partial charge < -0.3 is 10.4 Å². The van der Waals surface area contributed by atoms with Crippen LogP contribution in [0.4, 0.5) is 0 Å². The van der Waals surface area contributed by atoms with Crippen molar-refractivity contribution in [2.24, 2.45) is 5.92 Å². The molecule has 2 N–H and O–H groups in total. The monoisotopic (exact) mass is 339 g/mol. The molecule has 1 saturated carbocycles. The second-order valence-corrected chi connectivity index (χ2v) is 6.54. The molecule has 0 radical (unpaired) electrons. The zero-order chi connectivity index (χ0) is 14.5. The summed E-state index contributed by atoms with van der Waals surface area (Å²) in [5.41, 5.74) is 0.824. The zero-order valence-electron chi connectivity index (χ0n) is 11.8. The van der Waals surface area contributed by atoms with Crippen molar-refractivity contribution in [3.63, 3.8) is 0 Å². The number of rotatable bonds is 4. The van der Waals surface area contributed by atoms with Crippen molar-refractivity contribution in [2.75, 3.05) is 0 Å². The molecule has 1 fully saturated rings. The van der Waals surface area contributed by atoms with Gasteiger partial charge in [-0.05, 0) is 37.5 Å². The predicted molar refractivity (Wildman–Crippen MR) is 83.3 cm³/mol. The number of carbonyl (C=O) groups excluding carboxylic acids is 1. The summed E-state index contributed by atoms with van der Waals surface area (Å²) in [5.74, 6) is 0.219. The topological polar surface area (TPSA) is 49.3 Å². The molecule has 0 aromatic heterocycles. The third-order valence-corrected chi connectivity index (χ3v) is 4.56. The van der Waals surface area contributed by atoms with Gasteiger partial charge in [-0.1, -0.05) is 47.3 Å². The molecule has 1 aromatic rings. The first-order chi connectivity index (χ1) is 9.58. The molecule has 2 unspecified atom stereocenters. The van der Waals surface area contributed by atoms with E-state index in [4.69, 9.17) is 0 Å². The lowest BCUT2D eigenvalue weighted by Gasteiger charge is -2.25. The van der Waals surface area contributed by atoms with Crippen LogP contribution in [-0.4, -0.2) is 17.1 Å². The first kappa shape index (κ1) is 15.5. The van der Waals surface area contributed by atoms with Gasteiger partial charge in [0.2, 0.25) is 5.91 Å². The van der Waals surface area contributed by atoms with E-state index in [0.717, 1.165) is 35.7 Å². The van der Waals surface area contributed by atoms with Gasteiger partial charge in [-0.15, -0.1) is 0 Å². The highest BCUT2D eigenvalue weighted by molar-refractivity contribution is 9.10. The van der Waals surface area contributed by atoms with Crippen LogP contribution in [0.5, 0.6) is 0 Å². The molecular formula is C16H22BrNO2. The van der Waals surface area contributed by atoms with Gasteiger partial charge in [-0.2, -0.15) is 0 Å². The number of hydrogen-bond donors (Lipinski definition) is 2. The van der Waals surface area contributed by atoms with Crippen LogP contribution in [0.3, 0.4) is 0 Å². The van der Waals surface area contributed by atoms with E-state index >= 15 is 0 Å². The van der Waals surface area contributed by atoms with Crippen LogP contribution in [0.15, 0.2) is 28.7 Å². The van der Waals surface area contributed by atoms with Crippen LogP contribution in [0.25, 0.3) is 0 Å². The molecule has 2 rings (SSSR count). The molecule has 0 bridgehead atoms. The minimum Gasteiger partial charge on any atom is -0.386 e. The summed E-state index contributed by atoms with van der Waals surface area (Å²) >= 11 is 3.37. The van der Waals surface area contributed by atoms with Crippen molar-refractivity contribution in [3.05, 3.63) is 34.3 Å². The molecule has 1 aliphatic rings. The number of aliphatic hydroxyl groups is 1. The molecule has 1 amide bonds. The predicted octanol–water partition coefficient (Wildman–Crippen LogP) is 3.57. The van der Waals surface area contributed by atoms with E-state index in [1.807, 2.05) is 31.2 Å². The van der Waals surface area contributed by atoms with Crippen LogP contribution in [0, 0.1) is 5.92 Å². The molecule has 4 heteroatoms. The van der Waals surface area contributed by atoms with Crippen molar-refractivity contribution in [1.82, 2.24) is 5.32 Å². The van der Waals surface area contributed by atoms with Gasteiger partial charge in [-0.25, -0.2) is 0 Å². The fourth-order valence-electron chi connectivity index (χ4n) is 2.73. The van der Waals surface area contributed by atoms with Gasteiger partial charge in [0.05, 0.1) is 12.1 Å². The summed E-state index contributed by atoms with van der Waals surface area (Å²) in [6, 6.07) is 7.27. The van der Waals surface area contributed by atoms with Gasteiger partial charge in [-0.3, -0.25) is 4.79 Å². The maximum Gasteiger partial charge on any atom is 0.223 e. The van der Waals surface area contributed by atoms with E-state index in [0.29, 0.717) is 0 Å². The molecule has 1 aromatic carbocycles. The van der Waals surface area contributed by atoms with Crippen LogP contribution < -0.4 is 5.32 Å². The molecule has 1 aliphatic carbocycles. The standard InChI is InChI=1S/C16H22BrNO2/c1-11(15(19)12-7-9-14(17)10-8-12)18-16(20)13-5-3-2-4-6-13/h7-11,13,15,19H,2-6H2,1H3,(H,18,20). The highest BCUT2D eigenvalue weighted by Crippen LogP contribution is 2.25. The minimum atomic E-state index is -0.671. The van der Waals surface area contributed by atoms with Crippen LogP contribution in [0.2, 0.25) is 0 Å². The zero-order valence-corrected chi connectivity index (χ0v) is 13.4. The van der Waals surface area contributed by atoms with E-state index in [9.17, 15) is 9.90 Å². The van der Waals surface area contributed by atoms with Crippen molar-refractivity contribution in [3.8, 4) is 0 Å². The first-order valence-electron chi connectivity index (χ1n) is 7.32. The molecule has 2 atom stereocenters. The Balaban J connectivity index is 1.91. The normalized spacial score (nSPS) is 19.4. The molecule has 0 aliphatic heterocycles. The Kier molecular flexibility index (Phi) is 5.61. The van der Waals surface area contributed by atoms with E-state index in [2.05, 4.69) is 21.2 Å². The quantitative estimate of drug-likeness (QED) is 0.880. The molecule has 3 nitrogen and oxygen atoms in total. The van der Waals surface area contributed by atoms with Gasteiger partial charge in [0.15, 0.2) is 0 Å². The summed E-state index contributed by atoms with van der Waals surface area (Å²) in [6.45, 7) is 1.85. The third-order valence-electron chi connectivity index (χ3n) is 4.03. The summed E-state index contributed by atoms with van der Waals surface area (Å²) < 4.78 is 0.979. The molecule has 20 heavy (non-hydrogen) atoms. The van der Waals surface area contributed by atoms with Crippen molar-refractivity contribution in [2.45, 2.75) is 51.2 Å². The van der Waals surface area contributed by atoms with Crippen molar-refractivity contribution >= 4 is 21.8 Å². The SMILES string of the molecule is CC(NC(=O)C1CCCCC1)C(O)c1ccc(Br)cc1. The molecule has 0 saturated heterocycles. The van der Waals surface area contributed by atoms with Crippen LogP contribution in [-0.2, 0) is 4.79 Å². The Bertz CT molecular complexity index is 440. The Morgan fingerprint density at radius 2 is 1.85 bits per heavy atom. The van der Waals surface area contributed by atoms with Crippen LogP contribution >= 0.6 is 15.9 Å². The lowest BCUT2D eigenvalue weighted by Crippen LogP contribution is -2.41. The number of benzene rings is 1. The maximum absolute atomic E-state index is 12.2. The first-order valence-corrected chi connectivity index (χ1v) is 8.11. The smallest absolute Gasteiger partial charge is 0.223 e. The lowest BCUT2D eigenvalue weighted by molar-refractivity contribution is -0.127. The Morgan fingerprint density at radius 3 is 2.45 bits per heavy atom. The number of halogens is 1. The summed E-state index contributed by atoms with van der Waals surface area (Å²) in [7, 11) is 0. The van der Waals surface area contributed by atoms with Gasteiger partial charge >= 0.3 is 0 Å². The van der Waals surface area contributed by atoms with Crippen molar-refractivity contribution < 1.29 is 9.90 Å². The largest absolute Gasteiger partial charge is 0.386 e. The fraction of sp³-hybridized carbons (Fsp3) is 0.562. The third kappa shape index (κ3) is 4.06. The molecule has 0 heterocycles. The average Bonchev–Trinajstić information content (AvgIpc) is 2.48. The van der Waals surface area contributed by atoms with E-state index in [1.165, 1.54) is 6.42 Å². The Morgan fingerprint density at radius 1 is 1.25 bits per heavy atom. The van der Waals surface area contributed by atoms with Gasteiger partial charge in [0, 0.05) is 10.4 Å². The average molecular weight is 340 g/mol. The molecule has 0 spiro atoms.